The quantitative estimate of drug-likeness (QED) is 0.525. The van der Waals surface area contributed by atoms with Gasteiger partial charge in [-0.1, -0.05) is 24.6 Å². The first-order valence-electron chi connectivity index (χ1n) is 4.51. The Morgan fingerprint density at radius 2 is 1.18 bits per heavy atom. The summed E-state index contributed by atoms with van der Waals surface area (Å²) in [5.41, 5.74) is -2.50. The van der Waals surface area contributed by atoms with Crippen molar-refractivity contribution in [1.82, 2.24) is 0 Å². The second-order valence-electron chi connectivity index (χ2n) is 4.82. The topological polar surface area (TPSA) is 0 Å². The molecule has 0 spiro atoms. The van der Waals surface area contributed by atoms with E-state index in [0.29, 0.717) is 0 Å². The normalized spacial score (nSPS) is 36.7. The first-order chi connectivity index (χ1) is 6.87. The summed E-state index contributed by atoms with van der Waals surface area (Å²) in [4.78, 5) is 0. The average molecular weight is 292 g/mol. The van der Waals surface area contributed by atoms with E-state index in [-0.39, 0.29) is 51.4 Å². The molecule has 0 N–H and O–H groups in total. The molecule has 94 valence electrons. The molecule has 0 radical (unpaired) electrons. The zero-order valence-electron chi connectivity index (χ0n) is 8.72. The molecule has 0 aliphatic heterocycles. The number of hydrogen-bond donors (Lipinski definition) is 0. The molecule has 3 saturated carbocycles. The summed E-state index contributed by atoms with van der Waals surface area (Å²) < 4.78 is 98.6. The van der Waals surface area contributed by atoms with E-state index in [0.717, 1.165) is 0 Å². The van der Waals surface area contributed by atoms with Gasteiger partial charge >= 0.3 is 70.5 Å². The molecule has 2 bridgehead atoms. The van der Waals surface area contributed by atoms with Crippen LogP contribution in [0.1, 0.15) is 19.3 Å². The Morgan fingerprint density at radius 1 is 0.824 bits per heavy atom. The van der Waals surface area contributed by atoms with Gasteiger partial charge in [-0.05, 0) is 0 Å². The third-order valence-electron chi connectivity index (χ3n) is 3.79. The van der Waals surface area contributed by atoms with Gasteiger partial charge in [0.25, 0.3) is 0 Å². The zero-order valence-corrected chi connectivity index (χ0v) is 11.8. The Balaban J connectivity index is 0.00000144. The van der Waals surface area contributed by atoms with Crippen molar-refractivity contribution in [3.8, 4) is 0 Å². The zero-order chi connectivity index (χ0) is 12.6. The van der Waals surface area contributed by atoms with Crippen LogP contribution in [0.5, 0.6) is 0 Å². The van der Waals surface area contributed by atoms with Crippen LogP contribution in [0, 0.1) is 5.41 Å². The van der Waals surface area contributed by atoms with Crippen LogP contribution in [0.15, 0.2) is 0 Å². The molecule has 0 unspecified atom stereocenters. The van der Waals surface area contributed by atoms with Crippen molar-refractivity contribution < 1.29 is 86.3 Å². The summed E-state index contributed by atoms with van der Waals surface area (Å²) in [6, 6.07) is 0. The predicted octanol–water partition coefficient (Wildman–Crippen LogP) is 0.960. The molecule has 10 heteroatoms. The van der Waals surface area contributed by atoms with Gasteiger partial charge in [0.15, 0.2) is 0 Å². The van der Waals surface area contributed by atoms with E-state index >= 15 is 0 Å². The van der Waals surface area contributed by atoms with Crippen LogP contribution >= 0.6 is 0 Å². The summed E-state index contributed by atoms with van der Waals surface area (Å²) in [6.07, 6.45) is -9.03. The molecular weight excluding hydrogens is 286 g/mol. The predicted molar refractivity (Wildman–Crippen MR) is 39.1 cm³/mol. The molecule has 0 saturated heterocycles. The fourth-order valence-electron chi connectivity index (χ4n) is 2.85. The monoisotopic (exact) mass is 292 g/mol. The van der Waals surface area contributed by atoms with Gasteiger partial charge in [-0.15, -0.1) is 0 Å². The summed E-state index contributed by atoms with van der Waals surface area (Å²) in [5, 5.41) is -2.23. The largest absolute Gasteiger partial charge is 1.00 e. The first kappa shape index (κ1) is 16.2. The van der Waals surface area contributed by atoms with Gasteiger partial charge in [-0.3, -0.25) is 0 Å². The maximum absolute atomic E-state index is 12.9. The molecule has 0 aromatic carbocycles. The standard InChI is InChI=1S/C7H6BF8.K/c9-6(10,7(11,12)13)4-1-5(2-4,3-4)8(14,15)16;/h1-3H2;/q-1;+1. The molecule has 0 atom stereocenters. The fourth-order valence-corrected chi connectivity index (χ4v) is 2.85. The Bertz CT molecular complexity index is 312. The molecular formula is C7H6BF8K. The molecule has 0 aromatic rings. The molecule has 3 rings (SSSR count). The Kier molecular flexibility index (Phi) is 3.65. The van der Waals surface area contributed by atoms with Gasteiger partial charge in [0, 0.05) is 5.41 Å². The van der Waals surface area contributed by atoms with Crippen molar-refractivity contribution in [1.29, 1.82) is 0 Å². The minimum Gasteiger partial charge on any atom is -0.449 e. The van der Waals surface area contributed by atoms with Gasteiger partial charge in [-0.2, -0.15) is 22.0 Å². The maximum atomic E-state index is 12.9. The SMILES string of the molecule is F[B-](F)(F)C12CC(C(F)(F)C(F)(F)F)(C1)C2.[K+]. The molecule has 0 nitrogen and oxygen atoms in total. The molecule has 3 fully saturated rings. The van der Waals surface area contributed by atoms with Crippen molar-refractivity contribution in [3.05, 3.63) is 0 Å². The molecule has 17 heavy (non-hydrogen) atoms. The van der Waals surface area contributed by atoms with Crippen molar-refractivity contribution >= 4 is 6.98 Å². The minimum absolute atomic E-state index is 0. The maximum Gasteiger partial charge on any atom is 1.00 e. The molecule has 0 heterocycles. The van der Waals surface area contributed by atoms with E-state index in [9.17, 15) is 34.9 Å². The van der Waals surface area contributed by atoms with Gasteiger partial charge in [-0.25, -0.2) is 0 Å². The molecule has 3 aliphatic rings. The number of hydrogen-bond acceptors (Lipinski definition) is 0. The van der Waals surface area contributed by atoms with Crippen LogP contribution in [0.2, 0.25) is 5.31 Å². The third-order valence-corrected chi connectivity index (χ3v) is 3.79. The summed E-state index contributed by atoms with van der Waals surface area (Å²) >= 11 is 0. The Morgan fingerprint density at radius 3 is 1.41 bits per heavy atom. The third kappa shape index (κ3) is 1.85. The number of rotatable bonds is 2. The smallest absolute Gasteiger partial charge is 0.449 e. The number of halogens is 8. The van der Waals surface area contributed by atoms with E-state index < -0.39 is 49.1 Å². The molecule has 3 aliphatic carbocycles. The van der Waals surface area contributed by atoms with Crippen LogP contribution in [0.3, 0.4) is 0 Å². The Labute approximate surface area is 134 Å². The van der Waals surface area contributed by atoms with Gasteiger partial charge in [0.2, 0.25) is 0 Å². The van der Waals surface area contributed by atoms with E-state index in [1.165, 1.54) is 0 Å². The van der Waals surface area contributed by atoms with Crippen molar-refractivity contribution in [2.24, 2.45) is 5.41 Å². The summed E-state index contributed by atoms with van der Waals surface area (Å²) in [5.74, 6) is -5.01. The van der Waals surface area contributed by atoms with Gasteiger partial charge < -0.3 is 12.9 Å². The average Bonchev–Trinajstić information content (AvgIpc) is 1.70. The molecule has 0 aromatic heterocycles. The summed E-state index contributed by atoms with van der Waals surface area (Å²) in [7, 11) is 0. The Hall–Kier alpha value is 1.14. The van der Waals surface area contributed by atoms with Crippen LogP contribution in [-0.2, 0) is 0 Å². The van der Waals surface area contributed by atoms with Crippen molar-refractivity contribution in [3.63, 3.8) is 0 Å². The van der Waals surface area contributed by atoms with E-state index in [1.54, 1.807) is 0 Å². The number of alkyl halides is 5. The minimum atomic E-state index is -5.77. The van der Waals surface area contributed by atoms with Crippen LogP contribution in [-0.4, -0.2) is 19.1 Å². The van der Waals surface area contributed by atoms with Crippen molar-refractivity contribution in [2.75, 3.05) is 0 Å². The fraction of sp³-hybridized carbons (Fsp3) is 1.00. The first-order valence-corrected chi connectivity index (χ1v) is 4.51. The van der Waals surface area contributed by atoms with Crippen LogP contribution < -0.4 is 51.4 Å². The molecule has 0 amide bonds. The van der Waals surface area contributed by atoms with E-state index in [4.69, 9.17) is 0 Å². The van der Waals surface area contributed by atoms with Crippen molar-refractivity contribution in [2.45, 2.75) is 36.7 Å². The van der Waals surface area contributed by atoms with E-state index in [2.05, 4.69) is 0 Å². The second-order valence-corrected chi connectivity index (χ2v) is 4.82. The second kappa shape index (κ2) is 3.83. The van der Waals surface area contributed by atoms with Gasteiger partial charge in [0.05, 0.1) is 0 Å². The van der Waals surface area contributed by atoms with Crippen LogP contribution in [0.4, 0.5) is 34.9 Å². The van der Waals surface area contributed by atoms with Crippen LogP contribution in [0.25, 0.3) is 0 Å². The van der Waals surface area contributed by atoms with Gasteiger partial charge in [0.1, 0.15) is 0 Å². The van der Waals surface area contributed by atoms with E-state index in [1.807, 2.05) is 0 Å². The summed E-state index contributed by atoms with van der Waals surface area (Å²) in [6.45, 7) is -5.33.